The van der Waals surface area contributed by atoms with Crippen molar-refractivity contribution in [2.75, 3.05) is 6.26 Å². The first-order valence-corrected chi connectivity index (χ1v) is 5.09. The topological polar surface area (TPSA) is 52.0 Å². The maximum absolute atomic E-state index is 10.9. The van der Waals surface area contributed by atoms with E-state index in [1.807, 2.05) is 0 Å². The van der Waals surface area contributed by atoms with Gasteiger partial charge < -0.3 is 0 Å². The highest BCUT2D eigenvalue weighted by Crippen LogP contribution is 2.05. The molecule has 0 spiro atoms. The van der Waals surface area contributed by atoms with E-state index in [0.29, 0.717) is 0 Å². The van der Waals surface area contributed by atoms with E-state index < -0.39 is 9.84 Å². The van der Waals surface area contributed by atoms with Crippen molar-refractivity contribution in [2.24, 2.45) is 0 Å². The maximum Gasteiger partial charge on any atom is 0.178 e. The van der Waals surface area contributed by atoms with E-state index in [0.717, 1.165) is 6.26 Å². The summed E-state index contributed by atoms with van der Waals surface area (Å²) in [4.78, 5) is 0.192. The molecule has 0 aliphatic rings. The van der Waals surface area contributed by atoms with Gasteiger partial charge in [-0.05, 0) is 0 Å². The molecule has 0 aromatic carbocycles. The molecular formula is C7H8N2O2S. The molecule has 0 amide bonds. The van der Waals surface area contributed by atoms with Gasteiger partial charge in [0, 0.05) is 12.5 Å². The minimum Gasteiger partial charge on any atom is -0.259 e. The second-order valence-electron chi connectivity index (χ2n) is 2.35. The SMILES string of the molecule is C#CCn1cc(S(C)(=O)=O)cn1. The highest BCUT2D eigenvalue weighted by atomic mass is 32.2. The predicted molar refractivity (Wildman–Crippen MR) is 44.2 cm³/mol. The highest BCUT2D eigenvalue weighted by molar-refractivity contribution is 7.90. The lowest BCUT2D eigenvalue weighted by Crippen LogP contribution is -1.96. The summed E-state index contributed by atoms with van der Waals surface area (Å²) in [5, 5.41) is 3.77. The van der Waals surface area contributed by atoms with E-state index >= 15 is 0 Å². The molecule has 0 aliphatic carbocycles. The smallest absolute Gasteiger partial charge is 0.178 e. The summed E-state index contributed by atoms with van der Waals surface area (Å²) in [6.45, 7) is 0.287. The Labute approximate surface area is 71.1 Å². The summed E-state index contributed by atoms with van der Waals surface area (Å²) in [6.07, 6.45) is 8.84. The van der Waals surface area contributed by atoms with E-state index in [9.17, 15) is 8.42 Å². The quantitative estimate of drug-likeness (QED) is 0.604. The van der Waals surface area contributed by atoms with E-state index in [-0.39, 0.29) is 11.4 Å². The van der Waals surface area contributed by atoms with Crippen molar-refractivity contribution in [1.82, 2.24) is 9.78 Å². The molecule has 64 valence electrons. The number of aromatic nitrogens is 2. The average Bonchev–Trinajstić information content (AvgIpc) is 2.35. The number of terminal acetylenes is 1. The number of sulfone groups is 1. The molecule has 1 rings (SSSR count). The zero-order valence-corrected chi connectivity index (χ0v) is 7.37. The van der Waals surface area contributed by atoms with Gasteiger partial charge in [-0.2, -0.15) is 5.10 Å². The molecule has 0 N–H and O–H groups in total. The van der Waals surface area contributed by atoms with Crippen LogP contribution in [0.2, 0.25) is 0 Å². The zero-order chi connectivity index (χ0) is 9.19. The standard InChI is InChI=1S/C7H8N2O2S/c1-3-4-9-6-7(5-8-9)12(2,10)11/h1,5-6H,4H2,2H3. The van der Waals surface area contributed by atoms with Crippen LogP contribution in [0.15, 0.2) is 17.3 Å². The second kappa shape index (κ2) is 2.99. The molecule has 4 nitrogen and oxygen atoms in total. The lowest BCUT2D eigenvalue weighted by molar-refractivity contribution is 0.601. The van der Waals surface area contributed by atoms with Gasteiger partial charge in [-0.15, -0.1) is 6.42 Å². The molecule has 0 fully saturated rings. The zero-order valence-electron chi connectivity index (χ0n) is 6.56. The van der Waals surface area contributed by atoms with Crippen molar-refractivity contribution >= 4 is 9.84 Å². The van der Waals surface area contributed by atoms with E-state index in [1.165, 1.54) is 17.1 Å². The summed E-state index contributed by atoms with van der Waals surface area (Å²) in [5.41, 5.74) is 0. The van der Waals surface area contributed by atoms with Crippen LogP contribution in [0.3, 0.4) is 0 Å². The lowest BCUT2D eigenvalue weighted by Gasteiger charge is -1.90. The number of hydrogen-bond acceptors (Lipinski definition) is 3. The Morgan fingerprint density at radius 2 is 2.42 bits per heavy atom. The Balaban J connectivity index is 3.02. The number of rotatable bonds is 2. The Hall–Kier alpha value is -1.28. The van der Waals surface area contributed by atoms with Gasteiger partial charge in [-0.1, -0.05) is 5.92 Å². The third-order valence-corrected chi connectivity index (χ3v) is 2.36. The van der Waals surface area contributed by atoms with Crippen LogP contribution in [-0.4, -0.2) is 24.5 Å². The second-order valence-corrected chi connectivity index (χ2v) is 4.37. The van der Waals surface area contributed by atoms with Crippen LogP contribution in [0.25, 0.3) is 0 Å². The van der Waals surface area contributed by atoms with Crippen molar-refractivity contribution in [3.05, 3.63) is 12.4 Å². The van der Waals surface area contributed by atoms with Crippen molar-refractivity contribution in [1.29, 1.82) is 0 Å². The first-order valence-electron chi connectivity index (χ1n) is 3.20. The Morgan fingerprint density at radius 1 is 1.75 bits per heavy atom. The Kier molecular flexibility index (Phi) is 2.20. The minimum absolute atomic E-state index is 0.192. The van der Waals surface area contributed by atoms with Crippen LogP contribution in [0.4, 0.5) is 0 Å². The molecule has 5 heteroatoms. The van der Waals surface area contributed by atoms with Crippen molar-refractivity contribution in [3.63, 3.8) is 0 Å². The van der Waals surface area contributed by atoms with Crippen LogP contribution < -0.4 is 0 Å². The third kappa shape index (κ3) is 1.86. The third-order valence-electron chi connectivity index (χ3n) is 1.29. The van der Waals surface area contributed by atoms with Crippen molar-refractivity contribution in [2.45, 2.75) is 11.4 Å². The van der Waals surface area contributed by atoms with Gasteiger partial charge in [0.25, 0.3) is 0 Å². The van der Waals surface area contributed by atoms with Gasteiger partial charge in [0.2, 0.25) is 0 Å². The van der Waals surface area contributed by atoms with Gasteiger partial charge in [-0.3, -0.25) is 4.68 Å². The molecule has 12 heavy (non-hydrogen) atoms. The number of nitrogens with zero attached hydrogens (tertiary/aromatic N) is 2. The molecule has 1 heterocycles. The molecule has 0 radical (unpaired) electrons. The molecule has 0 saturated carbocycles. The Morgan fingerprint density at radius 3 is 2.83 bits per heavy atom. The molecule has 0 aliphatic heterocycles. The van der Waals surface area contributed by atoms with E-state index in [1.54, 1.807) is 0 Å². The fourth-order valence-corrected chi connectivity index (χ4v) is 1.27. The fraction of sp³-hybridized carbons (Fsp3) is 0.286. The van der Waals surface area contributed by atoms with Crippen LogP contribution in [-0.2, 0) is 16.4 Å². The molecule has 1 aromatic heterocycles. The molecule has 1 aromatic rings. The summed E-state index contributed by atoms with van der Waals surface area (Å²) >= 11 is 0. The van der Waals surface area contributed by atoms with Gasteiger partial charge >= 0.3 is 0 Å². The maximum atomic E-state index is 10.9. The normalized spacial score (nSPS) is 11.0. The summed E-state index contributed by atoms with van der Waals surface area (Å²) in [6, 6.07) is 0. The van der Waals surface area contributed by atoms with Crippen LogP contribution in [0.1, 0.15) is 0 Å². The van der Waals surface area contributed by atoms with E-state index in [2.05, 4.69) is 11.0 Å². The van der Waals surface area contributed by atoms with Crippen molar-refractivity contribution < 1.29 is 8.42 Å². The van der Waals surface area contributed by atoms with Gasteiger partial charge in [0.1, 0.15) is 11.4 Å². The monoisotopic (exact) mass is 184 g/mol. The minimum atomic E-state index is -3.15. The fourth-order valence-electron chi connectivity index (χ4n) is 0.716. The molecule has 0 saturated heterocycles. The molecule has 0 unspecified atom stereocenters. The molecular weight excluding hydrogens is 176 g/mol. The average molecular weight is 184 g/mol. The lowest BCUT2D eigenvalue weighted by atomic mass is 10.7. The van der Waals surface area contributed by atoms with Gasteiger partial charge in [0.15, 0.2) is 9.84 Å². The highest BCUT2D eigenvalue weighted by Gasteiger charge is 2.08. The molecule has 0 atom stereocenters. The van der Waals surface area contributed by atoms with Crippen molar-refractivity contribution in [3.8, 4) is 12.3 Å². The van der Waals surface area contributed by atoms with E-state index in [4.69, 9.17) is 6.42 Å². The van der Waals surface area contributed by atoms with Gasteiger partial charge in [0.05, 0.1) is 6.20 Å². The number of hydrogen-bond donors (Lipinski definition) is 0. The Bertz CT molecular complexity index is 411. The van der Waals surface area contributed by atoms with Crippen LogP contribution >= 0.6 is 0 Å². The largest absolute Gasteiger partial charge is 0.259 e. The summed E-state index contributed by atoms with van der Waals surface area (Å²) in [7, 11) is -3.15. The summed E-state index contributed by atoms with van der Waals surface area (Å²) in [5.74, 6) is 2.35. The van der Waals surface area contributed by atoms with Crippen LogP contribution in [0.5, 0.6) is 0 Å². The first-order chi connectivity index (χ1) is 5.54. The predicted octanol–water partition coefficient (Wildman–Crippen LogP) is -0.0802. The molecule has 0 bridgehead atoms. The first kappa shape index (κ1) is 8.81. The summed E-state index contributed by atoms with van der Waals surface area (Å²) < 4.78 is 23.3. The van der Waals surface area contributed by atoms with Crippen LogP contribution in [0, 0.1) is 12.3 Å². The van der Waals surface area contributed by atoms with Gasteiger partial charge in [-0.25, -0.2) is 8.42 Å².